The molecular weight excluding hydrogens is 294 g/mol. The molecule has 0 fully saturated rings. The van der Waals surface area contributed by atoms with Crippen LogP contribution in [-0.4, -0.2) is 10.1 Å². The number of aromatic amines is 1. The highest BCUT2D eigenvalue weighted by Gasteiger charge is 2.14. The molecule has 5 aromatic rings. The Morgan fingerprint density at radius 2 is 1.29 bits per heavy atom. The molecule has 2 heteroatoms. The van der Waals surface area contributed by atoms with Crippen molar-refractivity contribution in [1.29, 1.82) is 0 Å². The molecule has 24 heavy (non-hydrogen) atoms. The molecule has 5 rings (SSSR count). The molecule has 0 aliphatic carbocycles. The smallest absolute Gasteiger partial charge is 0.124 e. The maximum absolute atomic E-state index is 10.5. The van der Waals surface area contributed by atoms with Crippen LogP contribution in [0.3, 0.4) is 0 Å². The van der Waals surface area contributed by atoms with Gasteiger partial charge in [0.05, 0.1) is 5.52 Å². The van der Waals surface area contributed by atoms with Crippen molar-refractivity contribution in [3.05, 3.63) is 79.0 Å². The standard InChI is InChI=1S/C22H15NO/c24-20-12-10-14-5-1-3-7-16(14)21(20)19-13-23-22-17-8-4-2-6-15(17)9-11-18(19)22/h1-13,23-24H. The minimum absolute atomic E-state index is 0.308. The van der Waals surface area contributed by atoms with Crippen molar-refractivity contribution in [2.45, 2.75) is 0 Å². The summed E-state index contributed by atoms with van der Waals surface area (Å²) < 4.78 is 0. The highest BCUT2D eigenvalue weighted by Crippen LogP contribution is 2.41. The van der Waals surface area contributed by atoms with E-state index in [1.165, 1.54) is 10.8 Å². The van der Waals surface area contributed by atoms with E-state index in [1.807, 2.05) is 24.4 Å². The average molecular weight is 309 g/mol. The van der Waals surface area contributed by atoms with Gasteiger partial charge in [0, 0.05) is 28.1 Å². The number of nitrogens with one attached hydrogen (secondary N) is 1. The SMILES string of the molecule is Oc1ccc2ccccc2c1-c1c[nH]c2c1ccc1ccccc12. The maximum Gasteiger partial charge on any atom is 0.124 e. The van der Waals surface area contributed by atoms with E-state index in [1.54, 1.807) is 6.07 Å². The lowest BCUT2D eigenvalue weighted by molar-refractivity contribution is 0.478. The third kappa shape index (κ3) is 1.77. The number of hydrogen-bond donors (Lipinski definition) is 2. The summed E-state index contributed by atoms with van der Waals surface area (Å²) in [6.45, 7) is 0. The Hall–Kier alpha value is -3.26. The number of aromatic hydroxyl groups is 1. The summed E-state index contributed by atoms with van der Waals surface area (Å²) in [6.07, 6.45) is 2.00. The van der Waals surface area contributed by atoms with E-state index < -0.39 is 0 Å². The third-order valence-corrected chi connectivity index (χ3v) is 4.76. The van der Waals surface area contributed by atoms with Gasteiger partial charge in [0.1, 0.15) is 5.75 Å². The van der Waals surface area contributed by atoms with Crippen LogP contribution in [0.5, 0.6) is 5.75 Å². The number of phenolic OH excluding ortho intramolecular Hbond substituents is 1. The Balaban J connectivity index is 1.91. The lowest BCUT2D eigenvalue weighted by Crippen LogP contribution is -1.82. The topological polar surface area (TPSA) is 36.0 Å². The van der Waals surface area contributed by atoms with Crippen molar-refractivity contribution in [3.63, 3.8) is 0 Å². The quantitative estimate of drug-likeness (QED) is 0.400. The first kappa shape index (κ1) is 13.2. The average Bonchev–Trinajstić information content (AvgIpc) is 3.06. The first-order valence-corrected chi connectivity index (χ1v) is 8.03. The fourth-order valence-corrected chi connectivity index (χ4v) is 3.62. The van der Waals surface area contributed by atoms with E-state index in [2.05, 4.69) is 53.5 Å². The fraction of sp³-hybridized carbons (Fsp3) is 0. The number of hydrogen-bond acceptors (Lipinski definition) is 1. The van der Waals surface area contributed by atoms with Gasteiger partial charge in [0.25, 0.3) is 0 Å². The van der Waals surface area contributed by atoms with Gasteiger partial charge in [0.15, 0.2) is 0 Å². The Kier molecular flexibility index (Phi) is 2.68. The van der Waals surface area contributed by atoms with Crippen molar-refractivity contribution in [2.75, 3.05) is 0 Å². The lowest BCUT2D eigenvalue weighted by Gasteiger charge is -2.09. The molecule has 114 valence electrons. The number of H-pyrrole nitrogens is 1. The van der Waals surface area contributed by atoms with E-state index in [0.29, 0.717) is 5.75 Å². The van der Waals surface area contributed by atoms with E-state index >= 15 is 0 Å². The molecule has 1 heterocycles. The second-order valence-electron chi connectivity index (χ2n) is 6.09. The molecule has 0 aliphatic rings. The van der Waals surface area contributed by atoms with E-state index in [-0.39, 0.29) is 0 Å². The van der Waals surface area contributed by atoms with Crippen molar-refractivity contribution in [3.8, 4) is 16.9 Å². The molecular formula is C22H15NO. The molecule has 0 unspecified atom stereocenters. The van der Waals surface area contributed by atoms with Gasteiger partial charge in [-0.3, -0.25) is 0 Å². The normalized spacial score (nSPS) is 11.5. The fourth-order valence-electron chi connectivity index (χ4n) is 3.62. The number of phenols is 1. The highest BCUT2D eigenvalue weighted by atomic mass is 16.3. The summed E-state index contributed by atoms with van der Waals surface area (Å²) in [7, 11) is 0. The second-order valence-corrected chi connectivity index (χ2v) is 6.09. The van der Waals surface area contributed by atoms with Crippen molar-refractivity contribution < 1.29 is 5.11 Å². The molecule has 0 amide bonds. The summed E-state index contributed by atoms with van der Waals surface area (Å²) >= 11 is 0. The maximum atomic E-state index is 10.5. The van der Waals surface area contributed by atoms with Gasteiger partial charge in [-0.1, -0.05) is 66.7 Å². The summed E-state index contributed by atoms with van der Waals surface area (Å²) in [5, 5.41) is 16.3. The van der Waals surface area contributed by atoms with Gasteiger partial charge in [-0.05, 0) is 22.2 Å². The van der Waals surface area contributed by atoms with Gasteiger partial charge in [-0.25, -0.2) is 0 Å². The molecule has 1 aromatic heterocycles. The Morgan fingerprint density at radius 3 is 2.12 bits per heavy atom. The second kappa shape index (κ2) is 4.87. The zero-order valence-electron chi connectivity index (χ0n) is 13.0. The minimum atomic E-state index is 0.308. The van der Waals surface area contributed by atoms with Gasteiger partial charge in [-0.15, -0.1) is 0 Å². The van der Waals surface area contributed by atoms with Crippen LogP contribution in [0.1, 0.15) is 0 Å². The van der Waals surface area contributed by atoms with Crippen LogP contribution in [0.15, 0.2) is 79.0 Å². The van der Waals surface area contributed by atoms with Crippen molar-refractivity contribution in [1.82, 2.24) is 4.98 Å². The minimum Gasteiger partial charge on any atom is -0.507 e. The van der Waals surface area contributed by atoms with Crippen LogP contribution < -0.4 is 0 Å². The van der Waals surface area contributed by atoms with E-state index in [9.17, 15) is 5.11 Å². The predicted molar refractivity (Wildman–Crippen MR) is 100 cm³/mol. The highest BCUT2D eigenvalue weighted by molar-refractivity contribution is 6.14. The monoisotopic (exact) mass is 309 g/mol. The lowest BCUT2D eigenvalue weighted by atomic mass is 9.96. The Morgan fingerprint density at radius 1 is 0.625 bits per heavy atom. The molecule has 0 radical (unpaired) electrons. The van der Waals surface area contributed by atoms with Crippen LogP contribution in [0.2, 0.25) is 0 Å². The van der Waals surface area contributed by atoms with Crippen LogP contribution >= 0.6 is 0 Å². The molecule has 0 saturated carbocycles. The largest absolute Gasteiger partial charge is 0.507 e. The molecule has 0 spiro atoms. The van der Waals surface area contributed by atoms with Crippen LogP contribution in [0, 0.1) is 0 Å². The molecule has 2 N–H and O–H groups in total. The van der Waals surface area contributed by atoms with Gasteiger partial charge >= 0.3 is 0 Å². The van der Waals surface area contributed by atoms with Crippen LogP contribution in [-0.2, 0) is 0 Å². The third-order valence-electron chi connectivity index (χ3n) is 4.76. The van der Waals surface area contributed by atoms with E-state index in [4.69, 9.17) is 0 Å². The zero-order chi connectivity index (χ0) is 16.1. The number of rotatable bonds is 1. The van der Waals surface area contributed by atoms with Crippen LogP contribution in [0.4, 0.5) is 0 Å². The summed E-state index contributed by atoms with van der Waals surface area (Å²) in [5.41, 5.74) is 3.02. The number of aromatic nitrogens is 1. The summed E-state index contributed by atoms with van der Waals surface area (Å²) in [4.78, 5) is 3.41. The predicted octanol–water partition coefficient (Wildman–Crippen LogP) is 5.85. The molecule has 4 aromatic carbocycles. The first-order valence-electron chi connectivity index (χ1n) is 8.03. The summed E-state index contributed by atoms with van der Waals surface area (Å²) in [5.74, 6) is 0.308. The molecule has 2 nitrogen and oxygen atoms in total. The van der Waals surface area contributed by atoms with Crippen molar-refractivity contribution >= 4 is 32.4 Å². The Labute approximate surface area is 139 Å². The zero-order valence-corrected chi connectivity index (χ0v) is 13.0. The molecule has 0 atom stereocenters. The van der Waals surface area contributed by atoms with Gasteiger partial charge in [-0.2, -0.15) is 0 Å². The van der Waals surface area contributed by atoms with Gasteiger partial charge in [0.2, 0.25) is 0 Å². The molecule has 0 bridgehead atoms. The Bertz CT molecular complexity index is 1220. The number of fused-ring (bicyclic) bond motifs is 4. The number of benzene rings is 4. The van der Waals surface area contributed by atoms with Gasteiger partial charge < -0.3 is 10.1 Å². The summed E-state index contributed by atoms with van der Waals surface area (Å²) in [6, 6.07) is 24.5. The van der Waals surface area contributed by atoms with Crippen LogP contribution in [0.25, 0.3) is 43.6 Å². The molecule has 0 aliphatic heterocycles. The van der Waals surface area contributed by atoms with E-state index in [0.717, 1.165) is 32.8 Å². The first-order chi connectivity index (χ1) is 11.8. The molecule has 0 saturated heterocycles. The van der Waals surface area contributed by atoms with Crippen molar-refractivity contribution in [2.24, 2.45) is 0 Å².